The zero-order valence-electron chi connectivity index (χ0n) is 22.6. The predicted molar refractivity (Wildman–Crippen MR) is 158 cm³/mol. The number of hydrogen-bond donors (Lipinski definition) is 1. The Labute approximate surface area is 239 Å². The molecule has 3 aromatic carbocycles. The Morgan fingerprint density at radius 2 is 1.46 bits per heavy atom. The molecule has 39 heavy (non-hydrogen) atoms. The van der Waals surface area contributed by atoms with Gasteiger partial charge in [-0.2, -0.15) is 12.7 Å². The second-order valence-corrected chi connectivity index (χ2v) is 12.6. The highest BCUT2D eigenvalue weighted by Crippen LogP contribution is 2.22. The molecule has 0 radical (unpaired) electrons. The van der Waals surface area contributed by atoms with Gasteiger partial charge in [0.05, 0.1) is 5.69 Å². The Morgan fingerprint density at radius 1 is 0.872 bits per heavy atom. The summed E-state index contributed by atoms with van der Waals surface area (Å²) in [7, 11) is -1.17. The lowest BCUT2D eigenvalue weighted by Gasteiger charge is -2.34. The summed E-state index contributed by atoms with van der Waals surface area (Å²) in [5, 5.41) is 2.95. The minimum atomic E-state index is -4.01. The Bertz CT molecular complexity index is 1350. The molecule has 0 bridgehead atoms. The van der Waals surface area contributed by atoms with E-state index < -0.39 is 28.7 Å². The van der Waals surface area contributed by atoms with Crippen molar-refractivity contribution in [2.45, 2.75) is 38.9 Å². The van der Waals surface area contributed by atoms with Crippen molar-refractivity contribution in [2.75, 3.05) is 24.9 Å². The standard InChI is InChI=1S/C29H35BrN4O4S/c1-22(2)31-29(36)27(19-23-12-7-5-8-13-23)33(20-24-14-11-15-25(30)18-24)28(35)21-34(39(37,38)32(3)4)26-16-9-6-10-17-26/h5-18,22,27H,19-21H2,1-4H3,(H,31,36)/t27-/m0/s1. The van der Waals surface area contributed by atoms with E-state index in [-0.39, 0.29) is 24.9 Å². The Kier molecular flexibility index (Phi) is 10.7. The highest BCUT2D eigenvalue weighted by molar-refractivity contribution is 9.10. The summed E-state index contributed by atoms with van der Waals surface area (Å²) >= 11 is 3.48. The molecule has 0 aromatic heterocycles. The predicted octanol–water partition coefficient (Wildman–Crippen LogP) is 4.23. The lowest BCUT2D eigenvalue weighted by Crippen LogP contribution is -2.55. The SMILES string of the molecule is CC(C)NC(=O)[C@H](Cc1ccccc1)N(Cc1cccc(Br)c1)C(=O)CN(c1ccccc1)S(=O)(=O)N(C)C. The molecule has 208 valence electrons. The van der Waals surface area contributed by atoms with Crippen molar-refractivity contribution in [1.29, 1.82) is 0 Å². The second kappa shape index (κ2) is 13.7. The van der Waals surface area contributed by atoms with Gasteiger partial charge in [-0.3, -0.25) is 9.59 Å². The fourth-order valence-corrected chi connectivity index (χ4v) is 5.58. The number of anilines is 1. The van der Waals surface area contributed by atoms with Crippen molar-refractivity contribution < 1.29 is 18.0 Å². The molecule has 0 aliphatic carbocycles. The fourth-order valence-electron chi connectivity index (χ4n) is 4.08. The van der Waals surface area contributed by atoms with Gasteiger partial charge < -0.3 is 10.2 Å². The maximum Gasteiger partial charge on any atom is 0.304 e. The van der Waals surface area contributed by atoms with Gasteiger partial charge in [-0.05, 0) is 49.2 Å². The van der Waals surface area contributed by atoms with Gasteiger partial charge in [0.1, 0.15) is 12.6 Å². The summed E-state index contributed by atoms with van der Waals surface area (Å²) in [6.07, 6.45) is 0.269. The molecule has 3 aromatic rings. The first-order valence-electron chi connectivity index (χ1n) is 12.6. The molecular formula is C29H35BrN4O4S. The molecule has 0 fully saturated rings. The molecule has 0 heterocycles. The van der Waals surface area contributed by atoms with Crippen molar-refractivity contribution in [1.82, 2.24) is 14.5 Å². The molecule has 0 saturated heterocycles. The lowest BCUT2D eigenvalue weighted by atomic mass is 10.0. The summed E-state index contributed by atoms with van der Waals surface area (Å²) in [5.41, 5.74) is 2.04. The zero-order valence-corrected chi connectivity index (χ0v) is 25.0. The average molecular weight is 616 g/mol. The summed E-state index contributed by atoms with van der Waals surface area (Å²) in [6, 6.07) is 24.4. The van der Waals surface area contributed by atoms with E-state index in [9.17, 15) is 18.0 Å². The number of para-hydroxylation sites is 1. The van der Waals surface area contributed by atoms with Gasteiger partial charge in [0.25, 0.3) is 0 Å². The number of amides is 2. The van der Waals surface area contributed by atoms with Gasteiger partial charge in [0, 0.05) is 37.6 Å². The van der Waals surface area contributed by atoms with Crippen LogP contribution in [-0.2, 0) is 32.8 Å². The van der Waals surface area contributed by atoms with Crippen LogP contribution < -0.4 is 9.62 Å². The molecule has 10 heteroatoms. The first-order valence-corrected chi connectivity index (χ1v) is 14.8. The number of nitrogens with zero attached hydrogens (tertiary/aromatic N) is 3. The highest BCUT2D eigenvalue weighted by atomic mass is 79.9. The Hall–Kier alpha value is -3.21. The van der Waals surface area contributed by atoms with Crippen LogP contribution in [0, 0.1) is 0 Å². The number of carbonyl (C=O) groups is 2. The van der Waals surface area contributed by atoms with E-state index in [0.29, 0.717) is 5.69 Å². The number of halogens is 1. The molecule has 0 aliphatic rings. The molecule has 2 amide bonds. The van der Waals surface area contributed by atoms with E-state index in [2.05, 4.69) is 21.2 Å². The Morgan fingerprint density at radius 3 is 2.03 bits per heavy atom. The number of nitrogens with one attached hydrogen (secondary N) is 1. The van der Waals surface area contributed by atoms with Crippen molar-refractivity contribution >= 4 is 43.6 Å². The largest absolute Gasteiger partial charge is 0.352 e. The number of benzene rings is 3. The van der Waals surface area contributed by atoms with Crippen LogP contribution in [0.15, 0.2) is 89.4 Å². The molecule has 0 spiro atoms. The van der Waals surface area contributed by atoms with Gasteiger partial charge in [-0.15, -0.1) is 0 Å². The molecule has 1 atom stereocenters. The minimum Gasteiger partial charge on any atom is -0.352 e. The summed E-state index contributed by atoms with van der Waals surface area (Å²) < 4.78 is 29.6. The van der Waals surface area contributed by atoms with E-state index in [0.717, 1.165) is 24.2 Å². The molecule has 0 unspecified atom stereocenters. The fraction of sp³-hybridized carbons (Fsp3) is 0.310. The molecule has 1 N–H and O–H groups in total. The van der Waals surface area contributed by atoms with Crippen LogP contribution in [0.25, 0.3) is 0 Å². The van der Waals surface area contributed by atoms with Gasteiger partial charge in [0.2, 0.25) is 11.8 Å². The van der Waals surface area contributed by atoms with Crippen molar-refractivity contribution in [3.8, 4) is 0 Å². The first-order chi connectivity index (χ1) is 18.5. The molecule has 0 saturated carbocycles. The van der Waals surface area contributed by atoms with Crippen molar-refractivity contribution in [2.24, 2.45) is 0 Å². The number of hydrogen-bond acceptors (Lipinski definition) is 4. The second-order valence-electron chi connectivity index (χ2n) is 9.65. The first kappa shape index (κ1) is 30.3. The summed E-state index contributed by atoms with van der Waals surface area (Å²) in [4.78, 5) is 29.2. The maximum absolute atomic E-state index is 14.1. The zero-order chi connectivity index (χ0) is 28.6. The molecule has 8 nitrogen and oxygen atoms in total. The smallest absolute Gasteiger partial charge is 0.304 e. The topological polar surface area (TPSA) is 90.0 Å². The van der Waals surface area contributed by atoms with E-state index in [1.807, 2.05) is 68.4 Å². The average Bonchev–Trinajstić information content (AvgIpc) is 2.89. The van der Waals surface area contributed by atoms with Gasteiger partial charge >= 0.3 is 10.2 Å². The van der Waals surface area contributed by atoms with Gasteiger partial charge in [-0.1, -0.05) is 76.6 Å². The minimum absolute atomic E-state index is 0.117. The van der Waals surface area contributed by atoms with Crippen LogP contribution in [0.3, 0.4) is 0 Å². The van der Waals surface area contributed by atoms with E-state index in [1.54, 1.807) is 30.3 Å². The lowest BCUT2D eigenvalue weighted by molar-refractivity contribution is -0.140. The van der Waals surface area contributed by atoms with Crippen LogP contribution in [0.5, 0.6) is 0 Å². The summed E-state index contributed by atoms with van der Waals surface area (Å²) in [6.45, 7) is 3.36. The monoisotopic (exact) mass is 614 g/mol. The number of carbonyl (C=O) groups excluding carboxylic acids is 2. The Balaban J connectivity index is 2.08. The van der Waals surface area contributed by atoms with Crippen LogP contribution >= 0.6 is 15.9 Å². The molecule has 3 rings (SSSR count). The van der Waals surface area contributed by atoms with Crippen LogP contribution in [0.2, 0.25) is 0 Å². The van der Waals surface area contributed by atoms with Gasteiger partial charge in [-0.25, -0.2) is 4.31 Å². The number of rotatable bonds is 12. The van der Waals surface area contributed by atoms with Gasteiger partial charge in [0.15, 0.2) is 0 Å². The third-order valence-electron chi connectivity index (χ3n) is 6.01. The highest BCUT2D eigenvalue weighted by Gasteiger charge is 2.34. The van der Waals surface area contributed by atoms with Crippen LogP contribution in [-0.4, -0.2) is 62.2 Å². The van der Waals surface area contributed by atoms with Crippen LogP contribution in [0.4, 0.5) is 5.69 Å². The third kappa shape index (κ3) is 8.39. The normalized spacial score (nSPS) is 12.3. The quantitative estimate of drug-likeness (QED) is 0.331. The third-order valence-corrected chi connectivity index (χ3v) is 8.32. The maximum atomic E-state index is 14.1. The van der Waals surface area contributed by atoms with Crippen LogP contribution in [0.1, 0.15) is 25.0 Å². The van der Waals surface area contributed by atoms with Crippen molar-refractivity contribution in [3.05, 3.63) is 101 Å². The van der Waals surface area contributed by atoms with E-state index >= 15 is 0 Å². The van der Waals surface area contributed by atoms with Crippen molar-refractivity contribution in [3.63, 3.8) is 0 Å². The molecular weight excluding hydrogens is 580 g/mol. The summed E-state index contributed by atoms with van der Waals surface area (Å²) in [5.74, 6) is -0.803. The van der Waals surface area contributed by atoms with E-state index in [4.69, 9.17) is 0 Å². The van der Waals surface area contributed by atoms with E-state index in [1.165, 1.54) is 19.0 Å². The molecule has 0 aliphatic heterocycles.